The number of aromatic nitrogens is 1. The number of amides is 1. The van der Waals surface area contributed by atoms with Crippen LogP contribution in [0.15, 0.2) is 12.1 Å². The Morgan fingerprint density at radius 2 is 2.15 bits per heavy atom. The molecule has 3 aliphatic rings. The van der Waals surface area contributed by atoms with Crippen LogP contribution in [0.5, 0.6) is 0 Å². The van der Waals surface area contributed by atoms with Crippen molar-refractivity contribution in [2.75, 3.05) is 19.6 Å². The van der Waals surface area contributed by atoms with Gasteiger partial charge in [-0.3, -0.25) is 4.79 Å². The second-order valence-electron chi connectivity index (χ2n) is 5.62. The summed E-state index contributed by atoms with van der Waals surface area (Å²) in [5.74, 6) is -0.439. The van der Waals surface area contributed by atoms with Crippen molar-refractivity contribution < 1.29 is 9.18 Å². The second kappa shape index (κ2) is 5.66. The Morgan fingerprint density at radius 3 is 2.85 bits per heavy atom. The van der Waals surface area contributed by atoms with Crippen LogP contribution in [0.2, 0.25) is 5.02 Å². The van der Waals surface area contributed by atoms with Crippen molar-refractivity contribution >= 4 is 17.5 Å². The fourth-order valence-electron chi connectivity index (χ4n) is 3.10. The number of rotatable bonds is 2. The van der Waals surface area contributed by atoms with Crippen molar-refractivity contribution in [2.45, 2.75) is 25.3 Å². The average molecular weight is 298 g/mol. The van der Waals surface area contributed by atoms with E-state index in [1.54, 1.807) is 0 Å². The highest BCUT2D eigenvalue weighted by Gasteiger charge is 2.30. The van der Waals surface area contributed by atoms with Gasteiger partial charge in [0.2, 0.25) is 5.95 Å². The molecule has 1 amide bonds. The summed E-state index contributed by atoms with van der Waals surface area (Å²) in [7, 11) is 0. The first-order chi connectivity index (χ1) is 9.61. The van der Waals surface area contributed by atoms with E-state index < -0.39 is 5.95 Å². The fourth-order valence-corrected chi connectivity index (χ4v) is 3.21. The standard InChI is InChI=1S/C14H17ClFN3O/c15-11-1-2-12(18-13(11)16)14(20)17-10-7-9-3-5-19(8-10)6-4-9/h1-2,9-10H,3-8H2,(H,17,20)/t10-/m1/s1. The van der Waals surface area contributed by atoms with E-state index in [-0.39, 0.29) is 22.7 Å². The molecule has 4 nitrogen and oxygen atoms in total. The van der Waals surface area contributed by atoms with E-state index in [1.165, 1.54) is 25.0 Å². The van der Waals surface area contributed by atoms with Gasteiger partial charge in [-0.25, -0.2) is 4.98 Å². The Labute approximate surface area is 122 Å². The molecule has 2 bridgehead atoms. The monoisotopic (exact) mass is 297 g/mol. The first kappa shape index (κ1) is 13.8. The summed E-state index contributed by atoms with van der Waals surface area (Å²) >= 11 is 5.57. The zero-order valence-electron chi connectivity index (χ0n) is 11.1. The molecular formula is C14H17ClFN3O. The van der Waals surface area contributed by atoms with Gasteiger partial charge < -0.3 is 10.2 Å². The molecular weight excluding hydrogens is 281 g/mol. The maximum Gasteiger partial charge on any atom is 0.270 e. The molecule has 1 aromatic heterocycles. The van der Waals surface area contributed by atoms with E-state index >= 15 is 0 Å². The first-order valence-electron chi connectivity index (χ1n) is 6.97. The molecule has 1 N–H and O–H groups in total. The third-order valence-electron chi connectivity index (χ3n) is 4.17. The predicted octanol–water partition coefficient (Wildman–Crippen LogP) is 2.09. The lowest BCUT2D eigenvalue weighted by Crippen LogP contribution is -2.42. The quantitative estimate of drug-likeness (QED) is 0.850. The zero-order chi connectivity index (χ0) is 14.1. The van der Waals surface area contributed by atoms with Crippen molar-refractivity contribution in [1.82, 2.24) is 15.2 Å². The SMILES string of the molecule is O=C(N[C@@H]1CC2CCN(CC2)C1)c1ccc(Cl)c(F)n1. The highest BCUT2D eigenvalue weighted by atomic mass is 35.5. The number of carbonyl (C=O) groups excluding carboxylic acids is 1. The zero-order valence-corrected chi connectivity index (χ0v) is 11.9. The number of hydrogen-bond acceptors (Lipinski definition) is 3. The Kier molecular flexibility index (Phi) is 3.89. The number of nitrogens with zero attached hydrogens (tertiary/aromatic N) is 2. The van der Waals surface area contributed by atoms with E-state index in [9.17, 15) is 9.18 Å². The van der Waals surface area contributed by atoms with Crippen molar-refractivity contribution in [1.29, 1.82) is 0 Å². The molecule has 0 aliphatic carbocycles. The van der Waals surface area contributed by atoms with Crippen LogP contribution in [0.25, 0.3) is 0 Å². The predicted molar refractivity (Wildman–Crippen MR) is 74.2 cm³/mol. The largest absolute Gasteiger partial charge is 0.347 e. The fraction of sp³-hybridized carbons (Fsp3) is 0.571. The number of pyridine rings is 1. The van der Waals surface area contributed by atoms with Gasteiger partial charge in [-0.1, -0.05) is 11.6 Å². The van der Waals surface area contributed by atoms with Gasteiger partial charge in [0.15, 0.2) is 0 Å². The van der Waals surface area contributed by atoms with E-state index in [0.717, 1.165) is 26.1 Å². The molecule has 0 radical (unpaired) electrons. The first-order valence-corrected chi connectivity index (χ1v) is 7.35. The van der Waals surface area contributed by atoms with Gasteiger partial charge in [0.05, 0.1) is 5.02 Å². The number of hydrogen-bond donors (Lipinski definition) is 1. The lowest BCUT2D eigenvalue weighted by molar-refractivity contribution is 0.0922. The molecule has 108 valence electrons. The summed E-state index contributed by atoms with van der Waals surface area (Å²) in [5, 5.41) is 2.90. The Balaban J connectivity index is 1.67. The van der Waals surface area contributed by atoms with Gasteiger partial charge in [-0.15, -0.1) is 0 Å². The van der Waals surface area contributed by atoms with Gasteiger partial charge in [-0.2, -0.15) is 4.39 Å². The number of carbonyl (C=O) groups is 1. The molecule has 6 heteroatoms. The molecule has 3 saturated heterocycles. The lowest BCUT2D eigenvalue weighted by atomic mass is 9.94. The Hall–Kier alpha value is -1.20. The maximum absolute atomic E-state index is 13.3. The smallest absolute Gasteiger partial charge is 0.270 e. The molecule has 1 aromatic rings. The van der Waals surface area contributed by atoms with Gasteiger partial charge in [-0.05, 0) is 50.4 Å². The summed E-state index contributed by atoms with van der Waals surface area (Å²) in [5.41, 5.74) is 0.0819. The molecule has 3 fully saturated rings. The summed E-state index contributed by atoms with van der Waals surface area (Å²) < 4.78 is 13.3. The number of fused-ring (bicyclic) bond motifs is 4. The van der Waals surface area contributed by atoms with Crippen LogP contribution in [0.1, 0.15) is 29.8 Å². The topological polar surface area (TPSA) is 45.2 Å². The van der Waals surface area contributed by atoms with Crippen LogP contribution in [-0.2, 0) is 0 Å². The molecule has 4 rings (SSSR count). The molecule has 3 aliphatic heterocycles. The summed E-state index contributed by atoms with van der Waals surface area (Å²) in [6.07, 6.45) is 3.42. The van der Waals surface area contributed by atoms with E-state index in [2.05, 4.69) is 15.2 Å². The lowest BCUT2D eigenvalue weighted by Gasteiger charge is -2.26. The third kappa shape index (κ3) is 2.94. The van der Waals surface area contributed by atoms with Crippen molar-refractivity contribution in [2.24, 2.45) is 5.92 Å². The van der Waals surface area contributed by atoms with E-state index in [1.807, 2.05) is 0 Å². The Bertz CT molecular complexity index is 503. The van der Waals surface area contributed by atoms with Crippen LogP contribution >= 0.6 is 11.6 Å². The summed E-state index contributed by atoms with van der Waals surface area (Å²) in [6.45, 7) is 3.11. The van der Waals surface area contributed by atoms with Gasteiger partial charge in [0.25, 0.3) is 5.91 Å². The van der Waals surface area contributed by atoms with Crippen molar-refractivity contribution in [3.05, 3.63) is 28.8 Å². The number of nitrogens with one attached hydrogen (secondary N) is 1. The molecule has 1 atom stereocenters. The minimum Gasteiger partial charge on any atom is -0.347 e. The second-order valence-corrected chi connectivity index (χ2v) is 6.03. The van der Waals surface area contributed by atoms with Crippen LogP contribution in [0.3, 0.4) is 0 Å². The minimum atomic E-state index is -0.802. The van der Waals surface area contributed by atoms with E-state index in [0.29, 0.717) is 5.92 Å². The highest BCUT2D eigenvalue weighted by molar-refractivity contribution is 6.30. The van der Waals surface area contributed by atoms with Crippen molar-refractivity contribution in [3.63, 3.8) is 0 Å². The summed E-state index contributed by atoms with van der Waals surface area (Å²) in [4.78, 5) is 18.1. The number of piperidine rings is 1. The molecule has 4 heterocycles. The van der Waals surface area contributed by atoms with Crippen LogP contribution in [-0.4, -0.2) is 41.5 Å². The van der Waals surface area contributed by atoms with Gasteiger partial charge >= 0.3 is 0 Å². The number of halogens is 2. The molecule has 0 spiro atoms. The maximum atomic E-state index is 13.3. The van der Waals surface area contributed by atoms with Crippen LogP contribution in [0.4, 0.5) is 4.39 Å². The average Bonchev–Trinajstić information content (AvgIpc) is 2.74. The highest BCUT2D eigenvalue weighted by Crippen LogP contribution is 2.26. The van der Waals surface area contributed by atoms with Gasteiger partial charge in [0.1, 0.15) is 5.69 Å². The van der Waals surface area contributed by atoms with E-state index in [4.69, 9.17) is 11.6 Å². The Morgan fingerprint density at radius 1 is 1.40 bits per heavy atom. The summed E-state index contributed by atoms with van der Waals surface area (Å²) in [6, 6.07) is 2.93. The third-order valence-corrected chi connectivity index (χ3v) is 4.46. The van der Waals surface area contributed by atoms with Gasteiger partial charge in [0, 0.05) is 12.6 Å². The molecule has 20 heavy (non-hydrogen) atoms. The minimum absolute atomic E-state index is 0.0693. The van der Waals surface area contributed by atoms with Crippen LogP contribution < -0.4 is 5.32 Å². The normalized spacial score (nSPS) is 29.0. The molecule has 0 aromatic carbocycles. The van der Waals surface area contributed by atoms with Crippen LogP contribution in [0, 0.1) is 11.9 Å². The molecule has 0 saturated carbocycles. The van der Waals surface area contributed by atoms with Crippen molar-refractivity contribution in [3.8, 4) is 0 Å². The molecule has 0 unspecified atom stereocenters.